The van der Waals surface area contributed by atoms with Crippen LogP contribution in [-0.4, -0.2) is 48.8 Å². The smallest absolute Gasteiger partial charge is 0.0445 e. The molecule has 1 saturated heterocycles. The fraction of sp³-hybridized carbons (Fsp3) is 1.00. The number of nitrogens with zero attached hydrogens (tertiary/aromatic N) is 1. The van der Waals surface area contributed by atoms with Gasteiger partial charge in [0.1, 0.15) is 0 Å². The zero-order valence-corrected chi connectivity index (χ0v) is 9.50. The van der Waals surface area contributed by atoms with Crippen molar-refractivity contribution in [2.75, 3.05) is 26.7 Å². The maximum Gasteiger partial charge on any atom is 0.0445 e. The van der Waals surface area contributed by atoms with Gasteiger partial charge in [-0.2, -0.15) is 0 Å². The maximum atomic E-state index is 8.78. The third-order valence-corrected chi connectivity index (χ3v) is 3.19. The van der Waals surface area contributed by atoms with Crippen molar-refractivity contribution in [2.45, 2.75) is 44.7 Å². The van der Waals surface area contributed by atoms with Crippen molar-refractivity contribution in [1.82, 2.24) is 10.2 Å². The topological polar surface area (TPSA) is 35.5 Å². The summed E-state index contributed by atoms with van der Waals surface area (Å²) in [6, 6.07) is 1.14. The summed E-state index contributed by atoms with van der Waals surface area (Å²) in [4.78, 5) is 2.45. The van der Waals surface area contributed by atoms with Crippen molar-refractivity contribution >= 4 is 0 Å². The van der Waals surface area contributed by atoms with Gasteiger partial charge in [0.25, 0.3) is 0 Å². The van der Waals surface area contributed by atoms with Crippen molar-refractivity contribution in [2.24, 2.45) is 0 Å². The van der Waals surface area contributed by atoms with Crippen LogP contribution in [0, 0.1) is 0 Å². The minimum atomic E-state index is 0.286. The van der Waals surface area contributed by atoms with E-state index in [1.54, 1.807) is 0 Å². The van der Waals surface area contributed by atoms with Crippen LogP contribution in [0.4, 0.5) is 0 Å². The van der Waals surface area contributed by atoms with Crippen molar-refractivity contribution in [3.05, 3.63) is 0 Å². The number of nitrogens with one attached hydrogen (secondary N) is 1. The number of aliphatic hydroxyl groups excluding tert-OH is 1. The van der Waals surface area contributed by atoms with Gasteiger partial charge in [0.05, 0.1) is 0 Å². The van der Waals surface area contributed by atoms with Crippen LogP contribution in [0.25, 0.3) is 0 Å². The van der Waals surface area contributed by atoms with Crippen molar-refractivity contribution in [1.29, 1.82) is 0 Å². The lowest BCUT2D eigenvalue weighted by atomic mass is 10.0. The molecule has 0 aromatic carbocycles. The summed E-state index contributed by atoms with van der Waals surface area (Å²) in [5, 5.41) is 12.3. The van der Waals surface area contributed by atoms with E-state index in [9.17, 15) is 0 Å². The summed E-state index contributed by atoms with van der Waals surface area (Å²) >= 11 is 0. The van der Waals surface area contributed by atoms with Crippen molar-refractivity contribution in [3.63, 3.8) is 0 Å². The van der Waals surface area contributed by atoms with Crippen LogP contribution in [0.15, 0.2) is 0 Å². The SMILES string of the molecule is CC(CCO)NCC1CCCCN1C. The minimum absolute atomic E-state index is 0.286. The molecule has 0 saturated carbocycles. The Hall–Kier alpha value is -0.120. The van der Waals surface area contributed by atoms with Gasteiger partial charge >= 0.3 is 0 Å². The van der Waals surface area contributed by atoms with E-state index < -0.39 is 0 Å². The monoisotopic (exact) mass is 200 g/mol. The van der Waals surface area contributed by atoms with Crippen LogP contribution in [0.1, 0.15) is 32.6 Å². The van der Waals surface area contributed by atoms with E-state index in [1.807, 2.05) is 0 Å². The molecule has 0 aromatic rings. The Morgan fingerprint density at radius 2 is 2.29 bits per heavy atom. The van der Waals surface area contributed by atoms with Crippen LogP contribution < -0.4 is 5.32 Å². The molecule has 0 aliphatic carbocycles. The van der Waals surface area contributed by atoms with Gasteiger partial charge in [-0.3, -0.25) is 0 Å². The second-order valence-corrected chi connectivity index (χ2v) is 4.45. The number of likely N-dealkylation sites (tertiary alicyclic amines) is 1. The summed E-state index contributed by atoms with van der Waals surface area (Å²) in [7, 11) is 2.21. The molecule has 1 rings (SSSR count). The van der Waals surface area contributed by atoms with Crippen LogP contribution in [0.5, 0.6) is 0 Å². The standard InChI is InChI=1S/C11H24N2O/c1-10(6-8-14)12-9-11-5-3-4-7-13(11)2/h10-12,14H,3-9H2,1-2H3. The van der Waals surface area contributed by atoms with E-state index in [-0.39, 0.29) is 6.61 Å². The van der Waals surface area contributed by atoms with Crippen molar-refractivity contribution in [3.8, 4) is 0 Å². The van der Waals surface area contributed by atoms with Crippen LogP contribution in [0.3, 0.4) is 0 Å². The summed E-state index contributed by atoms with van der Waals surface area (Å²) in [5.41, 5.74) is 0. The highest BCUT2D eigenvalue weighted by atomic mass is 16.3. The number of rotatable bonds is 5. The van der Waals surface area contributed by atoms with E-state index in [0.717, 1.165) is 13.0 Å². The first kappa shape index (κ1) is 12.0. The van der Waals surface area contributed by atoms with E-state index in [1.165, 1.54) is 25.8 Å². The van der Waals surface area contributed by atoms with Crippen molar-refractivity contribution < 1.29 is 5.11 Å². The number of hydrogen-bond donors (Lipinski definition) is 2. The highest BCUT2D eigenvalue weighted by molar-refractivity contribution is 4.77. The van der Waals surface area contributed by atoms with Crippen LogP contribution >= 0.6 is 0 Å². The second kappa shape index (κ2) is 6.38. The van der Waals surface area contributed by atoms with Gasteiger partial charge in [-0.05, 0) is 39.8 Å². The minimum Gasteiger partial charge on any atom is -0.396 e. The summed E-state index contributed by atoms with van der Waals surface area (Å²) in [6.07, 6.45) is 4.88. The molecular formula is C11H24N2O. The molecular weight excluding hydrogens is 176 g/mol. The molecule has 0 aromatic heterocycles. The summed E-state index contributed by atoms with van der Waals surface area (Å²) in [6.45, 7) is 4.73. The summed E-state index contributed by atoms with van der Waals surface area (Å²) in [5.74, 6) is 0. The molecule has 3 heteroatoms. The molecule has 2 atom stereocenters. The molecule has 14 heavy (non-hydrogen) atoms. The molecule has 1 fully saturated rings. The zero-order valence-electron chi connectivity index (χ0n) is 9.50. The Bertz CT molecular complexity index is 152. The van der Waals surface area contributed by atoms with Gasteiger partial charge in [-0.1, -0.05) is 6.42 Å². The zero-order chi connectivity index (χ0) is 10.4. The Morgan fingerprint density at radius 3 is 2.93 bits per heavy atom. The quantitative estimate of drug-likeness (QED) is 0.690. The molecule has 1 heterocycles. The van der Waals surface area contributed by atoms with E-state index in [4.69, 9.17) is 5.11 Å². The van der Waals surface area contributed by atoms with Gasteiger partial charge in [0.2, 0.25) is 0 Å². The van der Waals surface area contributed by atoms with Gasteiger partial charge in [0.15, 0.2) is 0 Å². The molecule has 2 N–H and O–H groups in total. The maximum absolute atomic E-state index is 8.78. The molecule has 2 unspecified atom stereocenters. The molecule has 0 amide bonds. The molecule has 1 aliphatic heterocycles. The van der Waals surface area contributed by atoms with Gasteiger partial charge in [-0.15, -0.1) is 0 Å². The molecule has 0 bridgehead atoms. The number of piperidine rings is 1. The highest BCUT2D eigenvalue weighted by Gasteiger charge is 2.18. The van der Waals surface area contributed by atoms with E-state index in [2.05, 4.69) is 24.2 Å². The molecule has 0 radical (unpaired) electrons. The Balaban J connectivity index is 2.15. The molecule has 3 nitrogen and oxygen atoms in total. The molecule has 0 spiro atoms. The third kappa shape index (κ3) is 3.95. The second-order valence-electron chi connectivity index (χ2n) is 4.45. The Kier molecular flexibility index (Phi) is 5.45. The Labute approximate surface area is 87.5 Å². The summed E-state index contributed by atoms with van der Waals surface area (Å²) < 4.78 is 0. The fourth-order valence-electron chi connectivity index (χ4n) is 2.03. The van der Waals surface area contributed by atoms with Crippen LogP contribution in [0.2, 0.25) is 0 Å². The highest BCUT2D eigenvalue weighted by Crippen LogP contribution is 2.14. The lowest BCUT2D eigenvalue weighted by molar-refractivity contribution is 0.175. The Morgan fingerprint density at radius 1 is 1.50 bits per heavy atom. The fourth-order valence-corrected chi connectivity index (χ4v) is 2.03. The van der Waals surface area contributed by atoms with E-state index >= 15 is 0 Å². The molecule has 1 aliphatic rings. The average molecular weight is 200 g/mol. The predicted molar refractivity (Wildman–Crippen MR) is 59.4 cm³/mol. The lowest BCUT2D eigenvalue weighted by Crippen LogP contribution is -2.45. The van der Waals surface area contributed by atoms with Gasteiger partial charge in [0, 0.05) is 25.2 Å². The van der Waals surface area contributed by atoms with E-state index in [0.29, 0.717) is 12.1 Å². The van der Waals surface area contributed by atoms with Gasteiger partial charge < -0.3 is 15.3 Å². The number of hydrogen-bond acceptors (Lipinski definition) is 3. The van der Waals surface area contributed by atoms with Crippen LogP contribution in [-0.2, 0) is 0 Å². The third-order valence-electron chi connectivity index (χ3n) is 3.19. The first-order valence-electron chi connectivity index (χ1n) is 5.78. The first-order valence-corrected chi connectivity index (χ1v) is 5.78. The normalized spacial score (nSPS) is 26.4. The number of aliphatic hydroxyl groups is 1. The largest absolute Gasteiger partial charge is 0.396 e. The number of likely N-dealkylation sites (N-methyl/N-ethyl adjacent to an activating group) is 1. The first-order chi connectivity index (χ1) is 6.74. The van der Waals surface area contributed by atoms with Gasteiger partial charge in [-0.25, -0.2) is 0 Å². The predicted octanol–water partition coefficient (Wildman–Crippen LogP) is 0.831. The molecule has 84 valence electrons. The lowest BCUT2D eigenvalue weighted by Gasteiger charge is -2.33. The average Bonchev–Trinajstić information content (AvgIpc) is 2.17.